The van der Waals surface area contributed by atoms with Crippen LogP contribution in [0.2, 0.25) is 10.2 Å². The van der Waals surface area contributed by atoms with Gasteiger partial charge in [-0.2, -0.15) is 0 Å². The quantitative estimate of drug-likeness (QED) is 0.512. The number of hydrogen-bond acceptors (Lipinski definition) is 5. The second-order valence-corrected chi connectivity index (χ2v) is 8.15. The average molecular weight is 403 g/mol. The summed E-state index contributed by atoms with van der Waals surface area (Å²) in [5, 5.41) is 17.4. The van der Waals surface area contributed by atoms with Crippen molar-refractivity contribution in [2.75, 3.05) is 0 Å². The van der Waals surface area contributed by atoms with Gasteiger partial charge in [0.15, 0.2) is 16.3 Å². The Morgan fingerprint density at radius 3 is 2.37 bits per heavy atom. The Kier molecular flexibility index (Phi) is 4.16. The Morgan fingerprint density at radius 1 is 1.00 bits per heavy atom. The van der Waals surface area contributed by atoms with Crippen molar-refractivity contribution in [3.8, 4) is 0 Å². The topological polar surface area (TPSA) is 78.0 Å². The smallest absolute Gasteiger partial charge is 0.287 e. The molecule has 3 aromatic heterocycles. The van der Waals surface area contributed by atoms with Crippen LogP contribution in [0, 0.1) is 0 Å². The van der Waals surface area contributed by atoms with E-state index in [1.54, 1.807) is 22.8 Å². The minimum absolute atomic E-state index is 0.201. The van der Waals surface area contributed by atoms with Crippen molar-refractivity contribution in [1.82, 2.24) is 29.4 Å². The number of fused-ring (bicyclic) bond motifs is 3. The minimum Gasteiger partial charge on any atom is -0.287 e. The monoisotopic (exact) mass is 402 g/mol. The molecule has 0 N–H and O–H groups in total. The van der Waals surface area contributed by atoms with Crippen molar-refractivity contribution in [3.05, 3.63) is 62.4 Å². The van der Waals surface area contributed by atoms with Crippen molar-refractivity contribution < 1.29 is 0 Å². The third-order valence-corrected chi connectivity index (χ3v) is 4.69. The van der Waals surface area contributed by atoms with Crippen LogP contribution >= 0.6 is 23.2 Å². The zero-order valence-corrected chi connectivity index (χ0v) is 16.5. The molecule has 0 fully saturated rings. The average Bonchev–Trinajstić information content (AvgIpc) is 3.06. The number of nitrogens with zero attached hydrogens (tertiary/aromatic N) is 6. The van der Waals surface area contributed by atoms with E-state index in [0.717, 1.165) is 5.56 Å². The summed E-state index contributed by atoms with van der Waals surface area (Å²) >= 11 is 12.0. The maximum Gasteiger partial charge on any atom is 0.336 e. The van der Waals surface area contributed by atoms with Gasteiger partial charge in [-0.1, -0.05) is 56.1 Å². The fraction of sp³-hybridized carbons (Fsp3) is 0.278. The molecule has 0 radical (unpaired) electrons. The molecule has 138 valence electrons. The Bertz CT molecular complexity index is 1220. The summed E-state index contributed by atoms with van der Waals surface area (Å²) < 4.78 is 3.10. The lowest BCUT2D eigenvalue weighted by Crippen LogP contribution is -2.31. The molecule has 0 unspecified atom stereocenters. The molecule has 0 atom stereocenters. The molecule has 4 rings (SSSR count). The van der Waals surface area contributed by atoms with Crippen LogP contribution in [0.25, 0.3) is 16.7 Å². The lowest BCUT2D eigenvalue weighted by molar-refractivity contribution is 0.530. The maximum absolute atomic E-state index is 13.4. The third-order valence-electron chi connectivity index (χ3n) is 4.26. The molecular weight excluding hydrogens is 387 g/mol. The van der Waals surface area contributed by atoms with Gasteiger partial charge in [0.2, 0.25) is 0 Å². The van der Waals surface area contributed by atoms with Gasteiger partial charge >= 0.3 is 5.69 Å². The summed E-state index contributed by atoms with van der Waals surface area (Å²) in [5.41, 5.74) is 1.68. The molecule has 0 bridgehead atoms. The highest BCUT2D eigenvalue weighted by molar-refractivity contribution is 6.30. The van der Waals surface area contributed by atoms with Crippen LogP contribution < -0.4 is 5.69 Å². The normalized spacial score (nSPS) is 12.2. The molecule has 3 heterocycles. The van der Waals surface area contributed by atoms with E-state index in [0.29, 0.717) is 34.1 Å². The van der Waals surface area contributed by atoms with Gasteiger partial charge < -0.3 is 0 Å². The largest absolute Gasteiger partial charge is 0.336 e. The van der Waals surface area contributed by atoms with Crippen LogP contribution in [0.1, 0.15) is 32.2 Å². The van der Waals surface area contributed by atoms with E-state index in [-0.39, 0.29) is 16.3 Å². The van der Waals surface area contributed by atoms with Crippen LogP contribution in [0.15, 0.2) is 35.1 Å². The van der Waals surface area contributed by atoms with Crippen molar-refractivity contribution >= 4 is 39.9 Å². The van der Waals surface area contributed by atoms with E-state index in [1.807, 2.05) is 32.9 Å². The molecule has 0 aliphatic carbocycles. The first-order chi connectivity index (χ1) is 12.8. The van der Waals surface area contributed by atoms with Gasteiger partial charge in [0.25, 0.3) is 0 Å². The zero-order valence-electron chi connectivity index (χ0n) is 14.9. The molecule has 0 aliphatic heterocycles. The van der Waals surface area contributed by atoms with Gasteiger partial charge in [0, 0.05) is 16.5 Å². The Morgan fingerprint density at radius 2 is 1.70 bits per heavy atom. The van der Waals surface area contributed by atoms with Crippen molar-refractivity contribution in [1.29, 1.82) is 0 Å². The molecule has 27 heavy (non-hydrogen) atoms. The highest BCUT2D eigenvalue weighted by atomic mass is 35.5. The van der Waals surface area contributed by atoms with Crippen LogP contribution in [0.4, 0.5) is 0 Å². The predicted molar refractivity (Wildman–Crippen MR) is 105 cm³/mol. The van der Waals surface area contributed by atoms with Gasteiger partial charge in [-0.25, -0.2) is 9.20 Å². The highest BCUT2D eigenvalue weighted by Gasteiger charge is 2.25. The second kappa shape index (κ2) is 6.28. The van der Waals surface area contributed by atoms with E-state index in [4.69, 9.17) is 23.2 Å². The molecule has 4 aromatic rings. The van der Waals surface area contributed by atoms with Gasteiger partial charge in [-0.15, -0.1) is 20.4 Å². The second-order valence-electron chi connectivity index (χ2n) is 7.33. The van der Waals surface area contributed by atoms with Gasteiger partial charge in [-0.05, 0) is 17.7 Å². The fourth-order valence-electron chi connectivity index (χ4n) is 2.98. The van der Waals surface area contributed by atoms with E-state index in [9.17, 15) is 4.79 Å². The maximum atomic E-state index is 13.4. The Hall–Kier alpha value is -2.51. The SMILES string of the molecule is CC(C)(C)c1nnc2c3nnc(Cl)cc3n(Cc3ccc(Cl)cc3)c(=O)n12. The third kappa shape index (κ3) is 3.07. The molecule has 7 nitrogen and oxygen atoms in total. The summed E-state index contributed by atoms with van der Waals surface area (Å²) in [4.78, 5) is 13.4. The molecule has 0 saturated heterocycles. The van der Waals surface area contributed by atoms with Crippen molar-refractivity contribution in [3.63, 3.8) is 0 Å². The van der Waals surface area contributed by atoms with Gasteiger partial charge in [-0.3, -0.25) is 4.57 Å². The van der Waals surface area contributed by atoms with Crippen LogP contribution in [-0.2, 0) is 12.0 Å². The Labute approximate surface area is 164 Å². The minimum atomic E-state index is -0.371. The van der Waals surface area contributed by atoms with Crippen LogP contribution in [0.5, 0.6) is 0 Å². The first-order valence-corrected chi connectivity index (χ1v) is 9.07. The van der Waals surface area contributed by atoms with Crippen LogP contribution in [-0.4, -0.2) is 29.4 Å². The molecular formula is C18H16Cl2N6O. The number of halogens is 2. The van der Waals surface area contributed by atoms with E-state index >= 15 is 0 Å². The molecule has 1 aromatic carbocycles. The first kappa shape index (κ1) is 17.9. The molecule has 0 saturated carbocycles. The zero-order chi connectivity index (χ0) is 19.3. The molecule has 0 amide bonds. The van der Waals surface area contributed by atoms with E-state index in [2.05, 4.69) is 20.4 Å². The molecule has 0 aliphatic rings. The number of hydrogen-bond donors (Lipinski definition) is 0. The van der Waals surface area contributed by atoms with Crippen molar-refractivity contribution in [2.45, 2.75) is 32.7 Å². The van der Waals surface area contributed by atoms with Crippen LogP contribution in [0.3, 0.4) is 0 Å². The standard InChI is InChI=1S/C18H16Cl2N6O/c1-18(2,3)16-24-23-15-14-12(8-13(20)21-22-14)25(17(27)26(15)16)9-10-4-6-11(19)7-5-10/h4-8H,9H2,1-3H3. The summed E-state index contributed by atoms with van der Waals surface area (Å²) in [6, 6.07) is 8.94. The summed E-state index contributed by atoms with van der Waals surface area (Å²) in [6.45, 7) is 6.25. The van der Waals surface area contributed by atoms with E-state index < -0.39 is 0 Å². The summed E-state index contributed by atoms with van der Waals surface area (Å²) in [7, 11) is 0. The number of rotatable bonds is 2. The Balaban J connectivity index is 2.07. The highest BCUT2D eigenvalue weighted by Crippen LogP contribution is 2.24. The van der Waals surface area contributed by atoms with Crippen molar-refractivity contribution in [2.24, 2.45) is 0 Å². The number of benzene rings is 1. The first-order valence-electron chi connectivity index (χ1n) is 8.31. The molecule has 0 spiro atoms. The summed E-state index contributed by atoms with van der Waals surface area (Å²) in [5.74, 6) is 0.561. The van der Waals surface area contributed by atoms with E-state index in [1.165, 1.54) is 4.40 Å². The predicted octanol–water partition coefficient (Wildman–Crippen LogP) is 3.49. The van der Waals surface area contributed by atoms with Gasteiger partial charge in [0.05, 0.1) is 12.1 Å². The number of aromatic nitrogens is 6. The summed E-state index contributed by atoms with van der Waals surface area (Å²) in [6.07, 6.45) is 0. The lowest BCUT2D eigenvalue weighted by Gasteiger charge is -2.17. The fourth-order valence-corrected chi connectivity index (χ4v) is 3.24. The lowest BCUT2D eigenvalue weighted by atomic mass is 9.96. The van der Waals surface area contributed by atoms with Gasteiger partial charge in [0.1, 0.15) is 5.82 Å². The molecule has 9 heteroatoms.